The van der Waals surface area contributed by atoms with Crippen molar-refractivity contribution in [3.05, 3.63) is 131 Å². The van der Waals surface area contributed by atoms with Gasteiger partial charge in [0, 0.05) is 22.5 Å². The van der Waals surface area contributed by atoms with E-state index in [4.69, 9.17) is 11.6 Å². The maximum absolute atomic E-state index is 11.9. The standard InChI is InChI=1S/C40H26ClN9O9S4/c1-22-31(20-42)37(44-26-8-13-29(14-9-26)61(51,52)53)46-38(45-27-10-15-30(16-11-27)62(54,55)56)36(22)48-49-39-32(21-43)35(25-7-6-23-4-2-3-5-24(23)18-25)40(60-39)50-47-28-12-17-33(41)34(19-28)63(57,58)59/h2-19H,1H3,(H2,44,45,46)(H,51,52,53)(H,54,55,56)(H,57,58,59). The van der Waals surface area contributed by atoms with Crippen LogP contribution >= 0.6 is 22.9 Å². The summed E-state index contributed by atoms with van der Waals surface area (Å²) in [6.45, 7) is 1.54. The molecule has 0 saturated heterocycles. The van der Waals surface area contributed by atoms with Crippen LogP contribution in [0.25, 0.3) is 21.9 Å². The molecule has 0 aliphatic carbocycles. The molecule has 2 heterocycles. The zero-order valence-electron chi connectivity index (χ0n) is 31.8. The second kappa shape index (κ2) is 17.4. The monoisotopic (exact) mass is 939 g/mol. The molecule has 0 aliphatic rings. The largest absolute Gasteiger partial charge is 0.339 e. The Morgan fingerprint density at radius 3 is 1.78 bits per heavy atom. The van der Waals surface area contributed by atoms with Crippen molar-refractivity contribution in [1.29, 1.82) is 10.5 Å². The topological polar surface area (TPSA) is 297 Å². The van der Waals surface area contributed by atoms with Crippen molar-refractivity contribution in [2.45, 2.75) is 21.6 Å². The number of aromatic nitrogens is 1. The van der Waals surface area contributed by atoms with Crippen LogP contribution in [0.15, 0.2) is 144 Å². The molecule has 0 spiro atoms. The highest BCUT2D eigenvalue weighted by Crippen LogP contribution is 2.49. The van der Waals surface area contributed by atoms with Gasteiger partial charge in [0.2, 0.25) is 0 Å². The van der Waals surface area contributed by atoms with Gasteiger partial charge in [-0.3, -0.25) is 13.7 Å². The Bertz CT molecular complexity index is 3480. The highest BCUT2D eigenvalue weighted by molar-refractivity contribution is 7.86. The van der Waals surface area contributed by atoms with Crippen LogP contribution in [0.3, 0.4) is 0 Å². The third-order valence-corrected chi connectivity index (χ3v) is 13.1. The lowest BCUT2D eigenvalue weighted by Crippen LogP contribution is -2.05. The molecule has 316 valence electrons. The van der Waals surface area contributed by atoms with Crippen LogP contribution in [-0.4, -0.2) is 43.9 Å². The highest BCUT2D eigenvalue weighted by atomic mass is 35.5. The van der Waals surface area contributed by atoms with E-state index in [0.717, 1.165) is 52.4 Å². The Hall–Kier alpha value is -6.99. The molecular weight excluding hydrogens is 914 g/mol. The summed E-state index contributed by atoms with van der Waals surface area (Å²) in [7, 11) is -13.7. The number of thiophene rings is 1. The van der Waals surface area contributed by atoms with Crippen molar-refractivity contribution >= 4 is 108 Å². The number of benzene rings is 5. The summed E-state index contributed by atoms with van der Waals surface area (Å²) in [5, 5.41) is 46.1. The first-order valence-corrected chi connectivity index (χ1v) is 23.2. The first-order valence-electron chi connectivity index (χ1n) is 17.6. The van der Waals surface area contributed by atoms with Crippen molar-refractivity contribution in [2.75, 3.05) is 10.6 Å². The second-order valence-corrected chi connectivity index (χ2v) is 18.8. The lowest BCUT2D eigenvalue weighted by atomic mass is 10.00. The van der Waals surface area contributed by atoms with Gasteiger partial charge in [-0.05, 0) is 96.1 Å². The highest BCUT2D eigenvalue weighted by Gasteiger charge is 2.24. The number of nitrogens with one attached hydrogen (secondary N) is 2. The van der Waals surface area contributed by atoms with Gasteiger partial charge in [-0.1, -0.05) is 59.3 Å². The third kappa shape index (κ3) is 9.74. The Balaban J connectivity index is 1.38. The van der Waals surface area contributed by atoms with E-state index in [1.165, 1.54) is 36.4 Å². The van der Waals surface area contributed by atoms with Gasteiger partial charge in [0.15, 0.2) is 16.6 Å². The number of fused-ring (bicyclic) bond motifs is 1. The predicted octanol–water partition coefficient (Wildman–Crippen LogP) is 10.7. The molecule has 0 bridgehead atoms. The first kappa shape index (κ1) is 44.1. The van der Waals surface area contributed by atoms with Crippen molar-refractivity contribution in [3.63, 3.8) is 0 Å². The average molecular weight is 940 g/mol. The molecule has 23 heteroatoms. The molecule has 0 fully saturated rings. The van der Waals surface area contributed by atoms with Gasteiger partial charge in [0.1, 0.15) is 33.3 Å². The fourth-order valence-electron chi connectivity index (χ4n) is 6.04. The van der Waals surface area contributed by atoms with E-state index in [-0.39, 0.29) is 75.9 Å². The quantitative estimate of drug-likeness (QED) is 0.0562. The van der Waals surface area contributed by atoms with Crippen molar-refractivity contribution in [3.8, 4) is 23.3 Å². The molecule has 7 aromatic rings. The number of halogens is 1. The van der Waals surface area contributed by atoms with E-state index in [0.29, 0.717) is 11.1 Å². The van der Waals surface area contributed by atoms with Crippen LogP contribution in [0, 0.1) is 29.6 Å². The van der Waals surface area contributed by atoms with E-state index in [2.05, 4.69) is 48.2 Å². The van der Waals surface area contributed by atoms with Gasteiger partial charge < -0.3 is 10.6 Å². The number of rotatable bonds is 12. The number of pyridine rings is 1. The minimum absolute atomic E-state index is 0.000659. The molecule has 0 unspecified atom stereocenters. The maximum atomic E-state index is 11.9. The number of hydrogen-bond acceptors (Lipinski definition) is 16. The Morgan fingerprint density at radius 2 is 1.21 bits per heavy atom. The summed E-state index contributed by atoms with van der Waals surface area (Å²) in [5.74, 6) is -0.0610. The van der Waals surface area contributed by atoms with Gasteiger partial charge >= 0.3 is 0 Å². The number of anilines is 4. The molecule has 7 rings (SSSR count). The lowest BCUT2D eigenvalue weighted by molar-refractivity contribution is 0.481. The van der Waals surface area contributed by atoms with Gasteiger partial charge in [-0.25, -0.2) is 4.98 Å². The van der Waals surface area contributed by atoms with E-state index in [1.54, 1.807) is 13.0 Å². The van der Waals surface area contributed by atoms with Gasteiger partial charge in [0.25, 0.3) is 30.4 Å². The lowest BCUT2D eigenvalue weighted by Gasteiger charge is -2.16. The average Bonchev–Trinajstić information content (AvgIpc) is 3.59. The Morgan fingerprint density at radius 1 is 0.635 bits per heavy atom. The smallest absolute Gasteiger partial charge is 0.296 e. The molecule has 0 saturated carbocycles. The summed E-state index contributed by atoms with van der Waals surface area (Å²) in [5.41, 5.74) is 1.59. The minimum atomic E-state index is -4.71. The summed E-state index contributed by atoms with van der Waals surface area (Å²) < 4.78 is 99.1. The molecular formula is C40H26ClN9O9S4. The fourth-order valence-corrected chi connectivity index (χ4v) is 8.91. The van der Waals surface area contributed by atoms with E-state index in [1.807, 2.05) is 36.4 Å². The Kier molecular flexibility index (Phi) is 12.2. The molecule has 18 nitrogen and oxygen atoms in total. The molecule has 0 amide bonds. The van der Waals surface area contributed by atoms with Crippen LogP contribution in [0.2, 0.25) is 5.02 Å². The Labute approximate surface area is 367 Å². The molecule has 63 heavy (non-hydrogen) atoms. The van der Waals surface area contributed by atoms with Crippen LogP contribution in [-0.2, 0) is 30.4 Å². The van der Waals surface area contributed by atoms with E-state index >= 15 is 0 Å². The summed E-state index contributed by atoms with van der Waals surface area (Å²) in [6, 6.07) is 30.7. The fraction of sp³-hybridized carbons (Fsp3) is 0.0250. The number of hydrogen-bond donors (Lipinski definition) is 5. The predicted molar refractivity (Wildman–Crippen MR) is 234 cm³/mol. The van der Waals surface area contributed by atoms with Crippen LogP contribution in [0.1, 0.15) is 16.7 Å². The molecule has 5 N–H and O–H groups in total. The normalized spacial score (nSPS) is 12.1. The molecule has 2 aromatic heterocycles. The second-order valence-electron chi connectivity index (χ2n) is 13.1. The maximum Gasteiger partial charge on any atom is 0.296 e. The zero-order valence-corrected chi connectivity index (χ0v) is 35.8. The van der Waals surface area contributed by atoms with Crippen molar-refractivity contribution in [2.24, 2.45) is 20.5 Å². The van der Waals surface area contributed by atoms with E-state index in [9.17, 15) is 49.4 Å². The molecule has 5 aromatic carbocycles. The van der Waals surface area contributed by atoms with E-state index < -0.39 is 35.2 Å². The molecule has 0 radical (unpaired) electrons. The number of azo groups is 2. The number of nitriles is 2. The van der Waals surface area contributed by atoms with Gasteiger partial charge in [0.05, 0.1) is 26.1 Å². The summed E-state index contributed by atoms with van der Waals surface area (Å²) in [4.78, 5) is 3.23. The third-order valence-electron chi connectivity index (χ3n) is 9.07. The van der Waals surface area contributed by atoms with Crippen molar-refractivity contribution in [1.82, 2.24) is 4.98 Å². The van der Waals surface area contributed by atoms with Gasteiger partial charge in [-0.2, -0.15) is 35.8 Å². The zero-order chi connectivity index (χ0) is 45.3. The van der Waals surface area contributed by atoms with Crippen LogP contribution < -0.4 is 10.6 Å². The first-order chi connectivity index (χ1) is 29.8. The summed E-state index contributed by atoms with van der Waals surface area (Å²) >= 11 is 6.90. The summed E-state index contributed by atoms with van der Waals surface area (Å²) in [6.07, 6.45) is 0. The van der Waals surface area contributed by atoms with Crippen LogP contribution in [0.5, 0.6) is 0 Å². The van der Waals surface area contributed by atoms with Crippen LogP contribution in [0.4, 0.5) is 44.4 Å². The number of nitrogens with zero attached hydrogens (tertiary/aromatic N) is 7. The molecule has 0 atom stereocenters. The molecule has 0 aliphatic heterocycles. The van der Waals surface area contributed by atoms with Gasteiger partial charge in [-0.15, -0.1) is 20.5 Å². The SMILES string of the molecule is Cc1c(C#N)c(Nc2ccc(S(=O)(=O)O)cc2)nc(Nc2ccc(S(=O)(=O)O)cc2)c1N=Nc1sc(N=Nc2ccc(Cl)c(S(=O)(=O)O)c2)c(-c2ccc3ccccc3c2)c1C#N. The van der Waals surface area contributed by atoms with Crippen molar-refractivity contribution < 1.29 is 38.9 Å². The minimum Gasteiger partial charge on any atom is -0.339 e.